The van der Waals surface area contributed by atoms with E-state index in [9.17, 15) is 9.59 Å². The van der Waals surface area contributed by atoms with Crippen molar-refractivity contribution < 1.29 is 9.59 Å². The van der Waals surface area contributed by atoms with Crippen molar-refractivity contribution >= 4 is 23.4 Å². The lowest BCUT2D eigenvalue weighted by atomic mass is 9.98. The molecule has 0 aliphatic carbocycles. The summed E-state index contributed by atoms with van der Waals surface area (Å²) in [5.41, 5.74) is 3.07. The van der Waals surface area contributed by atoms with E-state index < -0.39 is 0 Å². The monoisotopic (exact) mass is 420 g/mol. The summed E-state index contributed by atoms with van der Waals surface area (Å²) in [5, 5.41) is 6.60. The summed E-state index contributed by atoms with van der Waals surface area (Å²) >= 11 is 5.98. The van der Waals surface area contributed by atoms with Crippen molar-refractivity contribution in [2.75, 3.05) is 6.54 Å². The molecule has 0 bridgehead atoms. The molecule has 0 aliphatic heterocycles. The Kier molecular flexibility index (Phi) is 8.04. The zero-order chi connectivity index (χ0) is 21.2. The van der Waals surface area contributed by atoms with Gasteiger partial charge in [-0.1, -0.05) is 84.4 Å². The summed E-state index contributed by atoms with van der Waals surface area (Å²) in [4.78, 5) is 24.6. The maximum absolute atomic E-state index is 12.5. The van der Waals surface area contributed by atoms with Crippen LogP contribution in [0.5, 0.6) is 0 Å². The highest BCUT2D eigenvalue weighted by molar-refractivity contribution is 6.30. The minimum Gasteiger partial charge on any atom is -0.355 e. The molecule has 1 atom stereocenters. The van der Waals surface area contributed by atoms with Crippen LogP contribution in [0.25, 0.3) is 0 Å². The summed E-state index contributed by atoms with van der Waals surface area (Å²) in [6.45, 7) is 0.306. The number of hydrogen-bond donors (Lipinski definition) is 2. The molecule has 0 saturated heterocycles. The molecule has 1 unspecified atom stereocenters. The van der Waals surface area contributed by atoms with Crippen molar-refractivity contribution in [3.8, 4) is 0 Å². The largest absolute Gasteiger partial charge is 0.355 e. The number of carbonyl (C=O) groups excluding carboxylic acids is 2. The molecule has 0 heterocycles. The van der Waals surface area contributed by atoms with E-state index in [2.05, 4.69) is 10.6 Å². The highest BCUT2D eigenvalue weighted by Crippen LogP contribution is 2.20. The predicted octanol–water partition coefficient (Wildman–Crippen LogP) is 4.49. The number of halogens is 1. The lowest BCUT2D eigenvalue weighted by Crippen LogP contribution is -2.34. The Morgan fingerprint density at radius 1 is 0.767 bits per heavy atom. The molecule has 0 aromatic heterocycles. The lowest BCUT2D eigenvalue weighted by Gasteiger charge is -2.20. The number of hydrogen-bond acceptors (Lipinski definition) is 2. The third-order valence-electron chi connectivity index (χ3n) is 4.77. The normalized spacial score (nSPS) is 11.5. The van der Waals surface area contributed by atoms with Crippen LogP contribution in [0.4, 0.5) is 0 Å². The first-order valence-corrected chi connectivity index (χ1v) is 10.4. The van der Waals surface area contributed by atoms with Crippen LogP contribution in [-0.4, -0.2) is 18.4 Å². The minimum atomic E-state index is -0.153. The third kappa shape index (κ3) is 7.05. The topological polar surface area (TPSA) is 58.2 Å². The second-order valence-electron chi connectivity index (χ2n) is 7.12. The fraction of sp³-hybridized carbons (Fsp3) is 0.200. The average Bonchev–Trinajstić information content (AvgIpc) is 2.76. The molecule has 2 amide bonds. The van der Waals surface area contributed by atoms with E-state index in [0.29, 0.717) is 24.4 Å². The molecule has 4 nitrogen and oxygen atoms in total. The summed E-state index contributed by atoms with van der Waals surface area (Å²) in [7, 11) is 0. The Morgan fingerprint density at radius 3 is 2.07 bits per heavy atom. The summed E-state index contributed by atoms with van der Waals surface area (Å²) in [5.74, 6) is -0.187. The van der Waals surface area contributed by atoms with Gasteiger partial charge in [0.2, 0.25) is 11.8 Å². The van der Waals surface area contributed by atoms with E-state index in [1.165, 1.54) is 0 Å². The molecule has 0 saturated carbocycles. The molecule has 154 valence electrons. The molecular formula is C25H25ClN2O2. The Morgan fingerprint density at radius 2 is 1.40 bits per heavy atom. The van der Waals surface area contributed by atoms with E-state index in [0.717, 1.165) is 16.7 Å². The molecule has 3 aromatic carbocycles. The van der Waals surface area contributed by atoms with E-state index >= 15 is 0 Å². The first kappa shape index (κ1) is 21.6. The highest BCUT2D eigenvalue weighted by Gasteiger charge is 2.15. The van der Waals surface area contributed by atoms with E-state index in [1.54, 1.807) is 0 Å². The van der Waals surface area contributed by atoms with Crippen LogP contribution in [0.3, 0.4) is 0 Å². The van der Waals surface area contributed by atoms with E-state index in [1.807, 2.05) is 84.9 Å². The van der Waals surface area contributed by atoms with Gasteiger partial charge in [-0.3, -0.25) is 9.59 Å². The minimum absolute atomic E-state index is 0.0882. The predicted molar refractivity (Wildman–Crippen MR) is 120 cm³/mol. The van der Waals surface area contributed by atoms with Crippen LogP contribution in [0, 0.1) is 0 Å². The third-order valence-corrected chi connectivity index (χ3v) is 5.02. The Bertz CT molecular complexity index is 944. The molecular weight excluding hydrogens is 396 g/mol. The van der Waals surface area contributed by atoms with Crippen molar-refractivity contribution in [1.82, 2.24) is 10.6 Å². The highest BCUT2D eigenvalue weighted by atomic mass is 35.5. The molecule has 0 spiro atoms. The van der Waals surface area contributed by atoms with Gasteiger partial charge in [0.05, 0.1) is 12.5 Å². The molecule has 2 N–H and O–H groups in total. The lowest BCUT2D eigenvalue weighted by molar-refractivity contribution is -0.122. The molecule has 3 aromatic rings. The number of rotatable bonds is 9. The zero-order valence-electron chi connectivity index (χ0n) is 16.7. The second kappa shape index (κ2) is 11.2. The maximum atomic E-state index is 12.5. The van der Waals surface area contributed by atoms with Gasteiger partial charge in [0.25, 0.3) is 0 Å². The smallest absolute Gasteiger partial charge is 0.224 e. The fourth-order valence-electron chi connectivity index (χ4n) is 3.22. The molecule has 0 fully saturated rings. The summed E-state index contributed by atoms with van der Waals surface area (Å²) < 4.78 is 0. The molecule has 3 rings (SSSR count). The van der Waals surface area contributed by atoms with E-state index in [4.69, 9.17) is 11.6 Å². The second-order valence-corrected chi connectivity index (χ2v) is 7.56. The Balaban J connectivity index is 1.52. The number of amides is 2. The van der Waals surface area contributed by atoms with Gasteiger partial charge in [-0.2, -0.15) is 0 Å². The first-order valence-electron chi connectivity index (χ1n) is 9.99. The SMILES string of the molecule is O=C(Cc1ccccc1)NCCC(=O)NC(Cc1ccc(Cl)cc1)c1ccccc1. The van der Waals surface area contributed by atoms with Crippen LogP contribution in [0.2, 0.25) is 5.02 Å². The van der Waals surface area contributed by atoms with Crippen molar-refractivity contribution in [2.24, 2.45) is 0 Å². The fourth-order valence-corrected chi connectivity index (χ4v) is 3.35. The van der Waals surface area contributed by atoms with Crippen molar-refractivity contribution in [1.29, 1.82) is 0 Å². The van der Waals surface area contributed by atoms with Gasteiger partial charge in [0.1, 0.15) is 0 Å². The van der Waals surface area contributed by atoms with Gasteiger partial charge in [-0.05, 0) is 35.2 Å². The van der Waals surface area contributed by atoms with Crippen molar-refractivity contribution in [2.45, 2.75) is 25.3 Å². The molecule has 30 heavy (non-hydrogen) atoms. The maximum Gasteiger partial charge on any atom is 0.224 e. The van der Waals surface area contributed by atoms with Gasteiger partial charge < -0.3 is 10.6 Å². The quantitative estimate of drug-likeness (QED) is 0.535. The first-order chi connectivity index (χ1) is 14.6. The number of carbonyl (C=O) groups is 2. The zero-order valence-corrected chi connectivity index (χ0v) is 17.4. The summed E-state index contributed by atoms with van der Waals surface area (Å²) in [6, 6.07) is 26.9. The average molecular weight is 421 g/mol. The Labute approximate surface area is 182 Å². The van der Waals surface area contributed by atoms with Crippen LogP contribution >= 0.6 is 11.6 Å². The van der Waals surface area contributed by atoms with Gasteiger partial charge in [0.15, 0.2) is 0 Å². The van der Waals surface area contributed by atoms with Crippen LogP contribution in [-0.2, 0) is 22.4 Å². The van der Waals surface area contributed by atoms with E-state index in [-0.39, 0.29) is 24.3 Å². The number of benzene rings is 3. The van der Waals surface area contributed by atoms with Crippen molar-refractivity contribution in [3.05, 3.63) is 107 Å². The van der Waals surface area contributed by atoms with Crippen LogP contribution in [0.1, 0.15) is 29.2 Å². The summed E-state index contributed by atoms with van der Waals surface area (Å²) in [6.07, 6.45) is 1.20. The van der Waals surface area contributed by atoms with Crippen LogP contribution in [0.15, 0.2) is 84.9 Å². The molecule has 5 heteroatoms. The standard InChI is InChI=1S/C25H25ClN2O2/c26-22-13-11-20(12-14-22)17-23(21-9-5-2-6-10-21)28-24(29)15-16-27-25(30)18-19-7-3-1-4-8-19/h1-14,23H,15-18H2,(H,27,30)(H,28,29). The van der Waals surface area contributed by atoms with Gasteiger partial charge in [0, 0.05) is 18.0 Å². The van der Waals surface area contributed by atoms with Gasteiger partial charge in [-0.15, -0.1) is 0 Å². The van der Waals surface area contributed by atoms with Gasteiger partial charge in [-0.25, -0.2) is 0 Å². The molecule has 0 radical (unpaired) electrons. The molecule has 0 aliphatic rings. The van der Waals surface area contributed by atoms with Crippen LogP contribution < -0.4 is 10.6 Å². The number of nitrogens with one attached hydrogen (secondary N) is 2. The van der Waals surface area contributed by atoms with Gasteiger partial charge >= 0.3 is 0 Å². The Hall–Kier alpha value is -3.11. The van der Waals surface area contributed by atoms with Crippen molar-refractivity contribution in [3.63, 3.8) is 0 Å².